The Balaban J connectivity index is 2.10. The Kier molecular flexibility index (Phi) is 8.47. The summed E-state index contributed by atoms with van der Waals surface area (Å²) in [5.41, 5.74) is 1.16. The highest BCUT2D eigenvalue weighted by molar-refractivity contribution is 7.99. The number of thioether (sulfide) groups is 1. The van der Waals surface area contributed by atoms with E-state index in [1.54, 1.807) is 36.9 Å². The fraction of sp³-hybridized carbons (Fsp3) is 0.417. The van der Waals surface area contributed by atoms with Crippen LogP contribution in [0, 0.1) is 12.7 Å². The SMILES string of the molecule is Cc1ccc(SCCC(=O)N(Cc2ccccc2F)[C@H](C)C(=O)NC(C)(C)C)cc1. The lowest BCUT2D eigenvalue weighted by Crippen LogP contribution is -2.52. The molecule has 162 valence electrons. The molecule has 0 aromatic heterocycles. The largest absolute Gasteiger partial charge is 0.350 e. The summed E-state index contributed by atoms with van der Waals surface area (Å²) in [6, 6.07) is 13.8. The molecule has 0 saturated carbocycles. The second-order valence-electron chi connectivity index (χ2n) is 8.44. The smallest absolute Gasteiger partial charge is 0.242 e. The van der Waals surface area contributed by atoms with Gasteiger partial charge in [-0.25, -0.2) is 4.39 Å². The van der Waals surface area contributed by atoms with Crippen LogP contribution in [0.3, 0.4) is 0 Å². The predicted octanol–water partition coefficient (Wildman–Crippen LogP) is 4.95. The van der Waals surface area contributed by atoms with Gasteiger partial charge < -0.3 is 10.2 Å². The van der Waals surface area contributed by atoms with Gasteiger partial charge in [-0.1, -0.05) is 35.9 Å². The minimum Gasteiger partial charge on any atom is -0.350 e. The Morgan fingerprint density at radius 2 is 1.73 bits per heavy atom. The summed E-state index contributed by atoms with van der Waals surface area (Å²) in [6.07, 6.45) is 0.264. The molecule has 0 heterocycles. The van der Waals surface area contributed by atoms with E-state index in [4.69, 9.17) is 0 Å². The van der Waals surface area contributed by atoms with Crippen LogP contribution >= 0.6 is 11.8 Å². The van der Waals surface area contributed by atoms with E-state index in [0.29, 0.717) is 11.3 Å². The minimum atomic E-state index is -0.708. The highest BCUT2D eigenvalue weighted by atomic mass is 32.2. The van der Waals surface area contributed by atoms with Crippen LogP contribution in [0.1, 0.15) is 45.2 Å². The normalized spacial score (nSPS) is 12.3. The second-order valence-corrected chi connectivity index (χ2v) is 9.61. The molecule has 1 N–H and O–H groups in total. The van der Waals surface area contributed by atoms with Gasteiger partial charge in [0.25, 0.3) is 0 Å². The number of halogens is 1. The third-order valence-corrected chi connectivity index (χ3v) is 5.58. The van der Waals surface area contributed by atoms with Crippen molar-refractivity contribution in [3.05, 3.63) is 65.5 Å². The molecular formula is C24H31FN2O2S. The molecule has 0 saturated heterocycles. The molecule has 2 amide bonds. The van der Waals surface area contributed by atoms with Gasteiger partial charge in [-0.3, -0.25) is 9.59 Å². The van der Waals surface area contributed by atoms with Crippen LogP contribution in [0.25, 0.3) is 0 Å². The summed E-state index contributed by atoms with van der Waals surface area (Å²) >= 11 is 1.59. The number of amides is 2. The number of aryl methyl sites for hydroxylation is 1. The van der Waals surface area contributed by atoms with Gasteiger partial charge in [0.2, 0.25) is 11.8 Å². The number of carbonyl (C=O) groups is 2. The monoisotopic (exact) mass is 430 g/mol. The van der Waals surface area contributed by atoms with Gasteiger partial charge in [-0.05, 0) is 52.8 Å². The van der Waals surface area contributed by atoms with Crippen molar-refractivity contribution in [2.45, 2.75) is 64.1 Å². The molecule has 4 nitrogen and oxygen atoms in total. The first-order chi connectivity index (χ1) is 14.1. The molecular weight excluding hydrogens is 399 g/mol. The van der Waals surface area contributed by atoms with Crippen LogP contribution < -0.4 is 5.32 Å². The number of hydrogen-bond acceptors (Lipinski definition) is 3. The van der Waals surface area contributed by atoms with Gasteiger partial charge in [-0.15, -0.1) is 11.8 Å². The molecule has 6 heteroatoms. The van der Waals surface area contributed by atoms with E-state index < -0.39 is 11.6 Å². The molecule has 0 bridgehead atoms. The predicted molar refractivity (Wildman–Crippen MR) is 121 cm³/mol. The first-order valence-electron chi connectivity index (χ1n) is 10.1. The molecule has 0 fully saturated rings. The van der Waals surface area contributed by atoms with Crippen molar-refractivity contribution in [2.24, 2.45) is 0 Å². The quantitative estimate of drug-likeness (QED) is 0.603. The lowest BCUT2D eigenvalue weighted by Gasteiger charge is -2.31. The van der Waals surface area contributed by atoms with Crippen molar-refractivity contribution < 1.29 is 14.0 Å². The first-order valence-corrected chi connectivity index (χ1v) is 11.1. The second kappa shape index (κ2) is 10.6. The van der Waals surface area contributed by atoms with E-state index >= 15 is 0 Å². The fourth-order valence-electron chi connectivity index (χ4n) is 2.90. The van der Waals surface area contributed by atoms with E-state index in [1.165, 1.54) is 16.5 Å². The lowest BCUT2D eigenvalue weighted by molar-refractivity contribution is -0.141. The summed E-state index contributed by atoms with van der Waals surface area (Å²) in [6.45, 7) is 9.44. The van der Waals surface area contributed by atoms with E-state index in [2.05, 4.69) is 5.32 Å². The number of carbonyl (C=O) groups excluding carboxylic acids is 2. The van der Waals surface area contributed by atoms with E-state index in [0.717, 1.165) is 4.90 Å². The number of nitrogens with one attached hydrogen (secondary N) is 1. The van der Waals surface area contributed by atoms with Crippen LogP contribution in [0.5, 0.6) is 0 Å². The zero-order valence-corrected chi connectivity index (χ0v) is 19.2. The number of benzene rings is 2. The maximum Gasteiger partial charge on any atom is 0.242 e. The van der Waals surface area contributed by atoms with Gasteiger partial charge in [0.05, 0.1) is 0 Å². The van der Waals surface area contributed by atoms with Crippen molar-refractivity contribution in [1.29, 1.82) is 0 Å². The Hall–Kier alpha value is -2.34. The third-order valence-electron chi connectivity index (χ3n) is 4.57. The van der Waals surface area contributed by atoms with Crippen molar-refractivity contribution in [2.75, 3.05) is 5.75 Å². The summed E-state index contributed by atoms with van der Waals surface area (Å²) < 4.78 is 14.2. The van der Waals surface area contributed by atoms with E-state index in [9.17, 15) is 14.0 Å². The Labute approximate surface area is 183 Å². The summed E-state index contributed by atoms with van der Waals surface area (Å²) in [4.78, 5) is 28.3. The van der Waals surface area contributed by atoms with Crippen LogP contribution in [-0.4, -0.2) is 34.0 Å². The van der Waals surface area contributed by atoms with Gasteiger partial charge in [-0.2, -0.15) is 0 Å². The molecule has 2 aromatic carbocycles. The Bertz CT molecular complexity index is 862. The molecule has 0 aliphatic rings. The van der Waals surface area contributed by atoms with Crippen LogP contribution in [0.4, 0.5) is 4.39 Å². The minimum absolute atomic E-state index is 0.0550. The summed E-state index contributed by atoms with van der Waals surface area (Å²) in [7, 11) is 0. The molecule has 0 spiro atoms. The molecule has 0 aliphatic carbocycles. The number of rotatable bonds is 8. The maximum atomic E-state index is 14.2. The molecule has 0 radical (unpaired) electrons. The Morgan fingerprint density at radius 1 is 1.10 bits per heavy atom. The number of nitrogens with zero attached hydrogens (tertiary/aromatic N) is 1. The molecule has 1 atom stereocenters. The third kappa shape index (κ3) is 7.48. The summed E-state index contributed by atoms with van der Waals surface area (Å²) in [5.74, 6) is -0.218. The van der Waals surface area contributed by atoms with Gasteiger partial charge in [0, 0.05) is 34.7 Å². The van der Waals surface area contributed by atoms with Crippen LogP contribution in [-0.2, 0) is 16.1 Å². The van der Waals surface area contributed by atoms with Crippen molar-refractivity contribution in [3.8, 4) is 0 Å². The molecule has 2 aromatic rings. The fourth-order valence-corrected chi connectivity index (χ4v) is 3.74. The van der Waals surface area contributed by atoms with Gasteiger partial charge in [0.1, 0.15) is 11.9 Å². The zero-order valence-electron chi connectivity index (χ0n) is 18.4. The van der Waals surface area contributed by atoms with Crippen LogP contribution in [0.15, 0.2) is 53.4 Å². The van der Waals surface area contributed by atoms with Crippen molar-refractivity contribution in [3.63, 3.8) is 0 Å². The van der Waals surface area contributed by atoms with Crippen molar-refractivity contribution in [1.82, 2.24) is 10.2 Å². The van der Waals surface area contributed by atoms with Gasteiger partial charge in [0.15, 0.2) is 0 Å². The van der Waals surface area contributed by atoms with E-state index in [-0.39, 0.29) is 30.6 Å². The topological polar surface area (TPSA) is 49.4 Å². The summed E-state index contributed by atoms with van der Waals surface area (Å²) in [5, 5.41) is 2.91. The average molecular weight is 431 g/mol. The van der Waals surface area contributed by atoms with Gasteiger partial charge >= 0.3 is 0 Å². The zero-order chi connectivity index (χ0) is 22.3. The Morgan fingerprint density at radius 3 is 2.33 bits per heavy atom. The number of hydrogen-bond donors (Lipinski definition) is 1. The van der Waals surface area contributed by atoms with E-state index in [1.807, 2.05) is 52.0 Å². The lowest BCUT2D eigenvalue weighted by atomic mass is 10.1. The average Bonchev–Trinajstić information content (AvgIpc) is 2.67. The highest BCUT2D eigenvalue weighted by Crippen LogP contribution is 2.21. The maximum absolute atomic E-state index is 14.2. The van der Waals surface area contributed by atoms with Crippen molar-refractivity contribution >= 4 is 23.6 Å². The molecule has 0 unspecified atom stereocenters. The molecule has 30 heavy (non-hydrogen) atoms. The molecule has 0 aliphatic heterocycles. The standard InChI is InChI=1S/C24H31FN2O2S/c1-17-10-12-20(13-11-17)30-15-14-22(28)27(16-19-8-6-7-9-21(19)25)18(2)23(29)26-24(3,4)5/h6-13,18H,14-16H2,1-5H3,(H,26,29)/t18-/m1/s1. The first kappa shape index (κ1) is 23.9. The van der Waals surface area contributed by atoms with Crippen LogP contribution in [0.2, 0.25) is 0 Å². The highest BCUT2D eigenvalue weighted by Gasteiger charge is 2.28. The molecule has 2 rings (SSSR count).